The van der Waals surface area contributed by atoms with E-state index in [1.807, 2.05) is 0 Å². The Morgan fingerprint density at radius 1 is 1.14 bits per heavy atom. The molecule has 0 aromatic rings. The van der Waals surface area contributed by atoms with Crippen molar-refractivity contribution in [3.63, 3.8) is 0 Å². The second-order valence-electron chi connectivity index (χ2n) is 4.19. The molecule has 14 heavy (non-hydrogen) atoms. The molecule has 0 radical (unpaired) electrons. The highest BCUT2D eigenvalue weighted by Crippen LogP contribution is 2.02. The highest BCUT2D eigenvalue weighted by molar-refractivity contribution is 4.63. The lowest BCUT2D eigenvalue weighted by Crippen LogP contribution is -2.27. The molecule has 0 aliphatic heterocycles. The summed E-state index contributed by atoms with van der Waals surface area (Å²) in [6.45, 7) is 7.01. The van der Waals surface area contributed by atoms with Crippen LogP contribution in [0.5, 0.6) is 0 Å². The first-order chi connectivity index (χ1) is 6.74. The van der Waals surface area contributed by atoms with Crippen molar-refractivity contribution in [2.75, 3.05) is 27.2 Å². The van der Waals surface area contributed by atoms with E-state index in [9.17, 15) is 0 Å². The first kappa shape index (κ1) is 13.9. The Labute approximate surface area is 90.1 Å². The molecule has 0 aliphatic carbocycles. The fourth-order valence-corrected chi connectivity index (χ4v) is 1.70. The van der Waals surface area contributed by atoms with E-state index in [1.54, 1.807) is 0 Å². The maximum Gasteiger partial charge on any atom is 0.00619 e. The molecule has 0 bridgehead atoms. The molecule has 2 nitrogen and oxygen atoms in total. The van der Waals surface area contributed by atoms with Gasteiger partial charge in [0.1, 0.15) is 0 Å². The molecule has 1 N–H and O–H groups in total. The van der Waals surface area contributed by atoms with Gasteiger partial charge < -0.3 is 10.2 Å². The van der Waals surface area contributed by atoms with Crippen LogP contribution in [0.25, 0.3) is 0 Å². The van der Waals surface area contributed by atoms with Gasteiger partial charge in [0.05, 0.1) is 0 Å². The van der Waals surface area contributed by atoms with Gasteiger partial charge in [-0.3, -0.25) is 0 Å². The van der Waals surface area contributed by atoms with Gasteiger partial charge in [0.2, 0.25) is 0 Å². The molecule has 0 heterocycles. The Hall–Kier alpha value is -0.0800. The van der Waals surface area contributed by atoms with E-state index in [4.69, 9.17) is 0 Å². The first-order valence-corrected chi connectivity index (χ1v) is 6.10. The zero-order chi connectivity index (χ0) is 10.8. The molecule has 0 amide bonds. The van der Waals surface area contributed by atoms with Gasteiger partial charge >= 0.3 is 0 Å². The first-order valence-electron chi connectivity index (χ1n) is 6.10. The summed E-state index contributed by atoms with van der Waals surface area (Å²) in [5.74, 6) is 0. The van der Waals surface area contributed by atoms with Crippen LogP contribution in [0.1, 0.15) is 46.0 Å². The molecule has 0 saturated carbocycles. The third kappa shape index (κ3) is 7.34. The van der Waals surface area contributed by atoms with Gasteiger partial charge in [-0.05, 0) is 52.9 Å². The van der Waals surface area contributed by atoms with E-state index in [0.717, 1.165) is 6.04 Å². The number of unbranched alkanes of at least 4 members (excludes halogenated alkanes) is 1. The monoisotopic (exact) mass is 200 g/mol. The van der Waals surface area contributed by atoms with Crippen molar-refractivity contribution < 1.29 is 0 Å². The molecule has 0 aromatic carbocycles. The molecule has 0 saturated heterocycles. The van der Waals surface area contributed by atoms with Crippen LogP contribution in [0.15, 0.2) is 0 Å². The van der Waals surface area contributed by atoms with Crippen LogP contribution in [-0.4, -0.2) is 38.1 Å². The van der Waals surface area contributed by atoms with E-state index < -0.39 is 0 Å². The lowest BCUT2D eigenvalue weighted by Gasteiger charge is -2.18. The van der Waals surface area contributed by atoms with Gasteiger partial charge in [-0.1, -0.05) is 20.3 Å². The van der Waals surface area contributed by atoms with Crippen molar-refractivity contribution in [2.24, 2.45) is 0 Å². The molecule has 0 spiro atoms. The normalized spacial score (nSPS) is 13.5. The second-order valence-corrected chi connectivity index (χ2v) is 4.19. The van der Waals surface area contributed by atoms with Gasteiger partial charge in [-0.25, -0.2) is 0 Å². The van der Waals surface area contributed by atoms with E-state index >= 15 is 0 Å². The van der Waals surface area contributed by atoms with Crippen molar-refractivity contribution >= 4 is 0 Å². The Bertz CT molecular complexity index is 111. The van der Waals surface area contributed by atoms with Crippen molar-refractivity contribution in [1.29, 1.82) is 0 Å². The van der Waals surface area contributed by atoms with Gasteiger partial charge in [0, 0.05) is 6.04 Å². The smallest absolute Gasteiger partial charge is 0.00619 e. The summed E-state index contributed by atoms with van der Waals surface area (Å²) < 4.78 is 0. The summed E-state index contributed by atoms with van der Waals surface area (Å²) in [5.41, 5.74) is 0. The minimum absolute atomic E-state index is 0.717. The Balaban J connectivity index is 3.33. The molecular formula is C12H28N2. The Kier molecular flexibility index (Phi) is 9.42. The molecule has 1 atom stereocenters. The summed E-state index contributed by atoms with van der Waals surface area (Å²) in [7, 11) is 4.30. The Morgan fingerprint density at radius 2 is 1.79 bits per heavy atom. The highest BCUT2D eigenvalue weighted by atomic mass is 15.1. The third-order valence-corrected chi connectivity index (χ3v) is 2.89. The summed E-state index contributed by atoms with van der Waals surface area (Å²) in [5, 5.41) is 3.35. The zero-order valence-electron chi connectivity index (χ0n) is 10.5. The number of hydrogen-bond acceptors (Lipinski definition) is 2. The fourth-order valence-electron chi connectivity index (χ4n) is 1.70. The third-order valence-electron chi connectivity index (χ3n) is 2.89. The number of nitrogens with one attached hydrogen (secondary N) is 1. The molecule has 0 rings (SSSR count). The van der Waals surface area contributed by atoms with Crippen molar-refractivity contribution in [3.8, 4) is 0 Å². The van der Waals surface area contributed by atoms with Gasteiger partial charge in [-0.15, -0.1) is 0 Å². The fraction of sp³-hybridized carbons (Fsp3) is 1.00. The molecule has 86 valence electrons. The second kappa shape index (κ2) is 9.47. The topological polar surface area (TPSA) is 15.3 Å². The van der Waals surface area contributed by atoms with Crippen LogP contribution in [-0.2, 0) is 0 Å². The standard InChI is InChI=1S/C12H28N2/c1-5-7-10-14(4)11-8-9-12(6-2)13-3/h12-13H,5-11H2,1-4H3. The number of nitrogens with zero attached hydrogens (tertiary/aromatic N) is 1. The molecule has 2 heteroatoms. The number of rotatable bonds is 9. The summed E-state index contributed by atoms with van der Waals surface area (Å²) >= 11 is 0. The van der Waals surface area contributed by atoms with E-state index in [0.29, 0.717) is 0 Å². The average molecular weight is 200 g/mol. The van der Waals surface area contributed by atoms with Gasteiger partial charge in [0.25, 0.3) is 0 Å². The maximum absolute atomic E-state index is 3.35. The van der Waals surface area contributed by atoms with Crippen molar-refractivity contribution in [1.82, 2.24) is 10.2 Å². The number of hydrogen-bond donors (Lipinski definition) is 1. The van der Waals surface area contributed by atoms with E-state index in [1.165, 1.54) is 45.2 Å². The molecule has 0 aliphatic rings. The zero-order valence-corrected chi connectivity index (χ0v) is 10.5. The van der Waals surface area contributed by atoms with Crippen LogP contribution < -0.4 is 5.32 Å². The summed E-state index contributed by atoms with van der Waals surface area (Å²) in [4.78, 5) is 2.45. The van der Waals surface area contributed by atoms with E-state index in [2.05, 4.69) is 38.2 Å². The van der Waals surface area contributed by atoms with Crippen LogP contribution in [0.2, 0.25) is 0 Å². The highest BCUT2D eigenvalue weighted by Gasteiger charge is 2.03. The Morgan fingerprint density at radius 3 is 2.29 bits per heavy atom. The molecular weight excluding hydrogens is 172 g/mol. The SMILES string of the molecule is CCCCN(C)CCCC(CC)NC. The average Bonchev–Trinajstić information content (AvgIpc) is 2.21. The maximum atomic E-state index is 3.35. The molecule has 0 fully saturated rings. The van der Waals surface area contributed by atoms with Gasteiger partial charge in [-0.2, -0.15) is 0 Å². The predicted molar refractivity (Wildman–Crippen MR) is 64.8 cm³/mol. The minimum Gasteiger partial charge on any atom is -0.317 e. The quantitative estimate of drug-likeness (QED) is 0.615. The van der Waals surface area contributed by atoms with Crippen LogP contribution in [0, 0.1) is 0 Å². The van der Waals surface area contributed by atoms with Crippen molar-refractivity contribution in [2.45, 2.75) is 52.0 Å². The van der Waals surface area contributed by atoms with Crippen LogP contribution in [0.3, 0.4) is 0 Å². The van der Waals surface area contributed by atoms with E-state index in [-0.39, 0.29) is 0 Å². The summed E-state index contributed by atoms with van der Waals surface area (Å²) in [6.07, 6.45) is 6.51. The predicted octanol–water partition coefficient (Wildman–Crippen LogP) is 2.50. The molecule has 0 aromatic heterocycles. The summed E-state index contributed by atoms with van der Waals surface area (Å²) in [6, 6.07) is 0.717. The lowest BCUT2D eigenvalue weighted by molar-refractivity contribution is 0.311. The van der Waals surface area contributed by atoms with Crippen molar-refractivity contribution in [3.05, 3.63) is 0 Å². The minimum atomic E-state index is 0.717. The lowest BCUT2D eigenvalue weighted by atomic mass is 10.1. The molecule has 1 unspecified atom stereocenters. The van der Waals surface area contributed by atoms with Crippen LogP contribution >= 0.6 is 0 Å². The van der Waals surface area contributed by atoms with Crippen LogP contribution in [0.4, 0.5) is 0 Å². The largest absolute Gasteiger partial charge is 0.317 e. The van der Waals surface area contributed by atoms with Gasteiger partial charge in [0.15, 0.2) is 0 Å².